The van der Waals surface area contributed by atoms with Crippen LogP contribution in [0.3, 0.4) is 0 Å². The van der Waals surface area contributed by atoms with Gasteiger partial charge in [-0.3, -0.25) is 9.59 Å². The summed E-state index contributed by atoms with van der Waals surface area (Å²) in [5, 5.41) is 8.69. The number of anilines is 1. The lowest BCUT2D eigenvalue weighted by Crippen LogP contribution is -2.31. The molecule has 0 unspecified atom stereocenters. The van der Waals surface area contributed by atoms with Gasteiger partial charge in [-0.15, -0.1) is 0 Å². The zero-order valence-electron chi connectivity index (χ0n) is 10.8. The number of carbonyl (C=O) groups excluding carboxylic acids is 2. The minimum Gasteiger partial charge on any atom is -0.396 e. The van der Waals surface area contributed by atoms with Crippen molar-refractivity contribution in [1.29, 1.82) is 0 Å². The molecule has 1 N–H and O–H groups in total. The Morgan fingerprint density at radius 1 is 1.21 bits per heavy atom. The SMILES string of the molecule is Cc1cc(F)c2c(c1)C(=O)C(=O)N2CCCCCO. The van der Waals surface area contributed by atoms with Gasteiger partial charge >= 0.3 is 0 Å². The second kappa shape index (κ2) is 5.48. The summed E-state index contributed by atoms with van der Waals surface area (Å²) in [6.45, 7) is 2.08. The smallest absolute Gasteiger partial charge is 0.299 e. The molecule has 1 aliphatic rings. The second-order valence-corrected chi connectivity index (χ2v) is 4.71. The highest BCUT2D eigenvalue weighted by molar-refractivity contribution is 6.52. The zero-order valence-corrected chi connectivity index (χ0v) is 10.8. The van der Waals surface area contributed by atoms with Gasteiger partial charge in [0.05, 0.1) is 11.3 Å². The molecule has 4 nitrogen and oxygen atoms in total. The summed E-state index contributed by atoms with van der Waals surface area (Å²) in [6.07, 6.45) is 2.00. The number of hydrogen-bond donors (Lipinski definition) is 1. The van der Waals surface area contributed by atoms with Gasteiger partial charge in [-0.25, -0.2) is 4.39 Å². The number of rotatable bonds is 5. The first-order valence-corrected chi connectivity index (χ1v) is 6.33. The molecule has 1 heterocycles. The molecule has 1 aromatic carbocycles. The van der Waals surface area contributed by atoms with Gasteiger partial charge in [0, 0.05) is 13.2 Å². The van der Waals surface area contributed by atoms with Gasteiger partial charge in [-0.1, -0.05) is 0 Å². The predicted molar refractivity (Wildman–Crippen MR) is 68.8 cm³/mol. The Labute approximate surface area is 110 Å². The number of unbranched alkanes of at least 4 members (excludes halogenated alkanes) is 2. The number of Topliss-reactive ketones (excluding diaryl/α,β-unsaturated/α-hetero) is 1. The fraction of sp³-hybridized carbons (Fsp3) is 0.429. The Balaban J connectivity index is 2.23. The van der Waals surface area contributed by atoms with E-state index >= 15 is 0 Å². The average Bonchev–Trinajstić information content (AvgIpc) is 2.60. The van der Waals surface area contributed by atoms with Crippen LogP contribution in [0.1, 0.15) is 35.2 Å². The molecular formula is C14H16FNO3. The van der Waals surface area contributed by atoms with Crippen molar-refractivity contribution in [1.82, 2.24) is 0 Å². The van der Waals surface area contributed by atoms with Crippen molar-refractivity contribution in [3.63, 3.8) is 0 Å². The average molecular weight is 265 g/mol. The van der Waals surface area contributed by atoms with Crippen molar-refractivity contribution in [2.45, 2.75) is 26.2 Å². The van der Waals surface area contributed by atoms with Crippen LogP contribution in [0.25, 0.3) is 0 Å². The van der Waals surface area contributed by atoms with Crippen molar-refractivity contribution in [3.05, 3.63) is 29.1 Å². The lowest BCUT2D eigenvalue weighted by molar-refractivity contribution is -0.114. The molecule has 0 saturated carbocycles. The number of amides is 1. The van der Waals surface area contributed by atoms with Crippen LogP contribution in [-0.4, -0.2) is 29.9 Å². The molecule has 1 amide bonds. The minimum atomic E-state index is -0.663. The van der Waals surface area contributed by atoms with Crippen LogP contribution >= 0.6 is 0 Å². The third kappa shape index (κ3) is 2.51. The molecule has 102 valence electrons. The summed E-state index contributed by atoms with van der Waals surface area (Å²) in [5.74, 6) is -1.83. The number of hydrogen-bond acceptors (Lipinski definition) is 3. The maximum absolute atomic E-state index is 13.9. The van der Waals surface area contributed by atoms with E-state index in [1.54, 1.807) is 13.0 Å². The zero-order chi connectivity index (χ0) is 14.0. The van der Waals surface area contributed by atoms with Gasteiger partial charge < -0.3 is 10.0 Å². The molecule has 19 heavy (non-hydrogen) atoms. The van der Waals surface area contributed by atoms with Crippen LogP contribution in [-0.2, 0) is 4.79 Å². The van der Waals surface area contributed by atoms with E-state index in [1.807, 2.05) is 0 Å². The third-order valence-corrected chi connectivity index (χ3v) is 3.20. The first kappa shape index (κ1) is 13.7. The van der Waals surface area contributed by atoms with E-state index in [9.17, 15) is 14.0 Å². The standard InChI is InChI=1S/C14H16FNO3/c1-9-7-10-12(11(15)8-9)16(14(19)13(10)18)5-3-2-4-6-17/h7-8,17H,2-6H2,1H3. The lowest BCUT2D eigenvalue weighted by atomic mass is 10.1. The molecule has 0 fully saturated rings. The number of ketones is 1. The Bertz CT molecular complexity index is 528. The molecular weight excluding hydrogens is 249 g/mol. The van der Waals surface area contributed by atoms with Crippen LogP contribution < -0.4 is 4.90 Å². The number of aliphatic hydroxyl groups is 1. The number of carbonyl (C=O) groups is 2. The summed E-state index contributed by atoms with van der Waals surface area (Å²) in [5.41, 5.74) is 0.883. The predicted octanol–water partition coefficient (Wildman–Crippen LogP) is 1.83. The molecule has 0 saturated heterocycles. The highest BCUT2D eigenvalue weighted by Gasteiger charge is 2.37. The number of nitrogens with zero attached hydrogens (tertiary/aromatic N) is 1. The summed E-state index contributed by atoms with van der Waals surface area (Å²) < 4.78 is 13.9. The molecule has 0 radical (unpaired) electrons. The third-order valence-electron chi connectivity index (χ3n) is 3.20. The number of halogens is 1. The fourth-order valence-corrected chi connectivity index (χ4v) is 2.29. The molecule has 1 aromatic rings. The molecule has 1 aliphatic heterocycles. The first-order chi connectivity index (χ1) is 9.06. The highest BCUT2D eigenvalue weighted by atomic mass is 19.1. The Morgan fingerprint density at radius 3 is 2.63 bits per heavy atom. The normalized spacial score (nSPS) is 14.2. The van der Waals surface area contributed by atoms with E-state index in [1.165, 1.54) is 11.0 Å². The van der Waals surface area contributed by atoms with Crippen molar-refractivity contribution in [2.24, 2.45) is 0 Å². The van der Waals surface area contributed by atoms with Crippen LogP contribution in [0.2, 0.25) is 0 Å². The molecule has 0 aromatic heterocycles. The van der Waals surface area contributed by atoms with Crippen molar-refractivity contribution in [3.8, 4) is 0 Å². The van der Waals surface area contributed by atoms with E-state index in [2.05, 4.69) is 0 Å². The summed E-state index contributed by atoms with van der Waals surface area (Å²) in [4.78, 5) is 24.9. The van der Waals surface area contributed by atoms with Crippen molar-refractivity contribution < 1.29 is 19.1 Å². The van der Waals surface area contributed by atoms with E-state index in [0.717, 1.165) is 6.42 Å². The van der Waals surface area contributed by atoms with Crippen LogP contribution in [0.4, 0.5) is 10.1 Å². The van der Waals surface area contributed by atoms with Gasteiger partial charge in [0.1, 0.15) is 5.82 Å². The molecule has 0 atom stereocenters. The summed E-state index contributed by atoms with van der Waals surface area (Å²) >= 11 is 0. The number of aryl methyl sites for hydroxylation is 1. The van der Waals surface area contributed by atoms with E-state index in [0.29, 0.717) is 24.9 Å². The second-order valence-electron chi connectivity index (χ2n) is 4.71. The van der Waals surface area contributed by atoms with Crippen LogP contribution in [0.15, 0.2) is 12.1 Å². The van der Waals surface area contributed by atoms with Crippen molar-refractivity contribution >= 4 is 17.4 Å². The van der Waals surface area contributed by atoms with E-state index < -0.39 is 17.5 Å². The van der Waals surface area contributed by atoms with Crippen LogP contribution in [0, 0.1) is 12.7 Å². The molecule has 0 spiro atoms. The fourth-order valence-electron chi connectivity index (χ4n) is 2.29. The number of benzene rings is 1. The van der Waals surface area contributed by atoms with E-state index in [-0.39, 0.29) is 17.9 Å². The van der Waals surface area contributed by atoms with Gasteiger partial charge in [0.25, 0.3) is 11.7 Å². The lowest BCUT2D eigenvalue weighted by Gasteiger charge is -2.17. The largest absolute Gasteiger partial charge is 0.396 e. The number of fused-ring (bicyclic) bond motifs is 1. The topological polar surface area (TPSA) is 57.6 Å². The van der Waals surface area contributed by atoms with Gasteiger partial charge in [-0.05, 0) is 43.9 Å². The Morgan fingerprint density at radius 2 is 1.95 bits per heavy atom. The maximum Gasteiger partial charge on any atom is 0.299 e. The van der Waals surface area contributed by atoms with E-state index in [4.69, 9.17) is 5.11 Å². The molecule has 2 rings (SSSR count). The summed E-state index contributed by atoms with van der Waals surface area (Å²) in [6, 6.07) is 2.87. The Kier molecular flexibility index (Phi) is 3.95. The van der Waals surface area contributed by atoms with Gasteiger partial charge in [-0.2, -0.15) is 0 Å². The highest BCUT2D eigenvalue weighted by Crippen LogP contribution is 2.32. The monoisotopic (exact) mass is 265 g/mol. The molecule has 0 bridgehead atoms. The minimum absolute atomic E-state index is 0.0943. The van der Waals surface area contributed by atoms with Gasteiger partial charge in [0.15, 0.2) is 0 Å². The van der Waals surface area contributed by atoms with Gasteiger partial charge in [0.2, 0.25) is 0 Å². The van der Waals surface area contributed by atoms with Crippen molar-refractivity contribution in [2.75, 3.05) is 18.1 Å². The quantitative estimate of drug-likeness (QED) is 0.652. The first-order valence-electron chi connectivity index (χ1n) is 6.33. The number of aliphatic hydroxyl groups excluding tert-OH is 1. The summed E-state index contributed by atoms with van der Waals surface area (Å²) in [7, 11) is 0. The van der Waals surface area contributed by atoms with Crippen LogP contribution in [0.5, 0.6) is 0 Å². The molecule has 0 aliphatic carbocycles. The molecule has 5 heteroatoms. The maximum atomic E-state index is 13.9. The Hall–Kier alpha value is -1.75.